The lowest BCUT2D eigenvalue weighted by atomic mass is 10.1. The minimum atomic E-state index is -1.03. The van der Waals surface area contributed by atoms with Gasteiger partial charge < -0.3 is 14.2 Å². The van der Waals surface area contributed by atoms with Crippen LogP contribution in [0.5, 0.6) is 5.75 Å². The maximum atomic E-state index is 13.3. The number of carbonyl (C=O) groups is 3. The van der Waals surface area contributed by atoms with E-state index in [1.165, 1.54) is 21.1 Å². The minimum absolute atomic E-state index is 0.127. The Morgan fingerprint density at radius 3 is 2.35 bits per heavy atom. The highest BCUT2D eigenvalue weighted by molar-refractivity contribution is 6.30. The van der Waals surface area contributed by atoms with Gasteiger partial charge in [0.25, 0.3) is 5.91 Å². The molecule has 0 aliphatic heterocycles. The second-order valence-electron chi connectivity index (χ2n) is 6.93. The molecule has 1 heterocycles. The zero-order chi connectivity index (χ0) is 22.7. The van der Waals surface area contributed by atoms with Crippen molar-refractivity contribution in [1.82, 2.24) is 4.57 Å². The van der Waals surface area contributed by atoms with Gasteiger partial charge in [-0.2, -0.15) is 0 Å². The number of hydrogen-bond donors (Lipinski definition) is 0. The number of methoxy groups -OCH3 is 2. The molecule has 1 aromatic heterocycles. The smallest absolute Gasteiger partial charge is 0.346 e. The van der Waals surface area contributed by atoms with Gasteiger partial charge in [-0.1, -0.05) is 11.6 Å². The second-order valence-corrected chi connectivity index (χ2v) is 7.36. The van der Waals surface area contributed by atoms with Crippen molar-refractivity contribution in [2.24, 2.45) is 0 Å². The predicted molar refractivity (Wildman–Crippen MR) is 116 cm³/mol. The summed E-state index contributed by atoms with van der Waals surface area (Å²) in [6.07, 6.45) is -1.16. The highest BCUT2D eigenvalue weighted by atomic mass is 35.5. The van der Waals surface area contributed by atoms with Gasteiger partial charge in [0, 0.05) is 21.7 Å². The molecule has 0 radical (unpaired) electrons. The fourth-order valence-electron chi connectivity index (χ4n) is 3.39. The van der Waals surface area contributed by atoms with Gasteiger partial charge >= 0.3 is 11.9 Å². The largest absolute Gasteiger partial charge is 0.497 e. The normalized spacial score (nSPS) is 11.8. The Morgan fingerprint density at radius 1 is 1.06 bits per heavy atom. The van der Waals surface area contributed by atoms with Gasteiger partial charge in [-0.15, -0.1) is 0 Å². The van der Waals surface area contributed by atoms with Gasteiger partial charge in [-0.25, -0.2) is 4.79 Å². The first-order valence-corrected chi connectivity index (χ1v) is 9.90. The standard InChI is InChI=1S/C23H22ClNO6/c1-13-18(12-21(26)31-14(2)23(28)30-4)19-11-17(29-3)9-10-20(19)25(13)22(27)15-5-7-16(24)8-6-15/h5-11,14H,12H2,1-4H3. The maximum absolute atomic E-state index is 13.3. The fourth-order valence-corrected chi connectivity index (χ4v) is 3.52. The minimum Gasteiger partial charge on any atom is -0.497 e. The Kier molecular flexibility index (Phi) is 6.65. The monoisotopic (exact) mass is 443 g/mol. The average molecular weight is 444 g/mol. The third kappa shape index (κ3) is 4.56. The molecule has 0 N–H and O–H groups in total. The van der Waals surface area contributed by atoms with Crippen LogP contribution >= 0.6 is 11.6 Å². The van der Waals surface area contributed by atoms with Gasteiger partial charge in [0.2, 0.25) is 0 Å². The van der Waals surface area contributed by atoms with E-state index in [9.17, 15) is 14.4 Å². The van der Waals surface area contributed by atoms with E-state index in [1.807, 2.05) is 0 Å². The van der Waals surface area contributed by atoms with E-state index in [0.717, 1.165) is 0 Å². The summed E-state index contributed by atoms with van der Waals surface area (Å²) in [4.78, 5) is 37.3. The Hall–Kier alpha value is -3.32. The number of nitrogens with zero attached hydrogens (tertiary/aromatic N) is 1. The number of esters is 2. The maximum Gasteiger partial charge on any atom is 0.346 e. The molecular weight excluding hydrogens is 422 g/mol. The number of hydrogen-bond acceptors (Lipinski definition) is 6. The van der Waals surface area contributed by atoms with Crippen LogP contribution < -0.4 is 4.74 Å². The van der Waals surface area contributed by atoms with Crippen molar-refractivity contribution in [2.45, 2.75) is 26.4 Å². The molecule has 162 valence electrons. The molecule has 1 atom stereocenters. The third-order valence-electron chi connectivity index (χ3n) is 5.00. The van der Waals surface area contributed by atoms with Crippen LogP contribution in [-0.2, 0) is 25.5 Å². The first-order chi connectivity index (χ1) is 14.8. The van der Waals surface area contributed by atoms with E-state index >= 15 is 0 Å². The number of ether oxygens (including phenoxy) is 3. The van der Waals surface area contributed by atoms with Gasteiger partial charge in [-0.05, 0) is 61.9 Å². The number of aromatic nitrogens is 1. The van der Waals surface area contributed by atoms with Crippen LogP contribution in [0.15, 0.2) is 42.5 Å². The van der Waals surface area contributed by atoms with Crippen LogP contribution in [0.2, 0.25) is 5.02 Å². The van der Waals surface area contributed by atoms with Crippen molar-refractivity contribution in [2.75, 3.05) is 14.2 Å². The topological polar surface area (TPSA) is 83.8 Å². The summed E-state index contributed by atoms with van der Waals surface area (Å²) in [6, 6.07) is 11.9. The van der Waals surface area contributed by atoms with Crippen molar-refractivity contribution in [3.63, 3.8) is 0 Å². The van der Waals surface area contributed by atoms with Crippen LogP contribution in [0.1, 0.15) is 28.5 Å². The lowest BCUT2D eigenvalue weighted by Gasteiger charge is -2.11. The first kappa shape index (κ1) is 22.4. The summed E-state index contributed by atoms with van der Waals surface area (Å²) in [6.45, 7) is 3.19. The summed E-state index contributed by atoms with van der Waals surface area (Å²) in [5.74, 6) is -0.929. The Balaban J connectivity index is 2.05. The van der Waals surface area contributed by atoms with Gasteiger partial charge in [0.1, 0.15) is 5.75 Å². The molecule has 31 heavy (non-hydrogen) atoms. The number of fused-ring (bicyclic) bond motifs is 1. The molecule has 0 aliphatic carbocycles. The molecule has 8 heteroatoms. The van der Waals surface area contributed by atoms with Gasteiger partial charge in [-0.3, -0.25) is 14.2 Å². The summed E-state index contributed by atoms with van der Waals surface area (Å²) in [5, 5.41) is 1.21. The van der Waals surface area contributed by atoms with Crippen LogP contribution in [0.4, 0.5) is 0 Å². The van der Waals surface area contributed by atoms with Crippen LogP contribution in [0.25, 0.3) is 10.9 Å². The zero-order valence-electron chi connectivity index (χ0n) is 17.6. The number of rotatable bonds is 6. The summed E-state index contributed by atoms with van der Waals surface area (Å²) in [7, 11) is 2.76. The highest BCUT2D eigenvalue weighted by Gasteiger charge is 2.24. The number of benzene rings is 2. The van der Waals surface area contributed by atoms with Gasteiger partial charge in [0.15, 0.2) is 6.10 Å². The molecule has 3 rings (SSSR count). The Bertz CT molecular complexity index is 1150. The fraction of sp³-hybridized carbons (Fsp3) is 0.261. The third-order valence-corrected chi connectivity index (χ3v) is 5.25. The molecule has 3 aromatic rings. The zero-order valence-corrected chi connectivity index (χ0v) is 18.4. The van der Waals surface area contributed by atoms with Crippen molar-refractivity contribution >= 4 is 40.3 Å². The quantitative estimate of drug-likeness (QED) is 0.536. The summed E-state index contributed by atoms with van der Waals surface area (Å²) < 4.78 is 16.6. The Labute approximate surface area is 184 Å². The lowest BCUT2D eigenvalue weighted by Crippen LogP contribution is -2.26. The molecule has 0 saturated carbocycles. The number of halogens is 1. The van der Waals surface area contributed by atoms with E-state index in [0.29, 0.717) is 38.5 Å². The van der Waals surface area contributed by atoms with E-state index in [1.54, 1.807) is 54.0 Å². The molecule has 7 nitrogen and oxygen atoms in total. The van der Waals surface area contributed by atoms with E-state index in [4.69, 9.17) is 21.1 Å². The van der Waals surface area contributed by atoms with E-state index in [2.05, 4.69) is 4.74 Å². The summed E-state index contributed by atoms with van der Waals surface area (Å²) >= 11 is 5.94. The van der Waals surface area contributed by atoms with Crippen molar-refractivity contribution in [1.29, 1.82) is 0 Å². The molecule has 0 fully saturated rings. The summed E-state index contributed by atoms with van der Waals surface area (Å²) in [5.41, 5.74) is 2.28. The Morgan fingerprint density at radius 2 is 1.74 bits per heavy atom. The van der Waals surface area contributed by atoms with Crippen molar-refractivity contribution in [3.05, 3.63) is 64.3 Å². The number of carbonyl (C=O) groups excluding carboxylic acids is 3. The molecule has 0 amide bonds. The first-order valence-electron chi connectivity index (χ1n) is 9.52. The van der Waals surface area contributed by atoms with Crippen LogP contribution in [-0.4, -0.2) is 42.7 Å². The molecule has 2 aromatic carbocycles. The van der Waals surface area contributed by atoms with Crippen LogP contribution in [0, 0.1) is 6.92 Å². The molecule has 0 spiro atoms. The molecular formula is C23H22ClNO6. The highest BCUT2D eigenvalue weighted by Crippen LogP contribution is 2.31. The second kappa shape index (κ2) is 9.22. The SMILES string of the molecule is COC(=O)C(C)OC(=O)Cc1c(C)n(C(=O)c2ccc(Cl)cc2)c2ccc(OC)cc12. The van der Waals surface area contributed by atoms with Crippen LogP contribution in [0.3, 0.4) is 0 Å². The predicted octanol–water partition coefficient (Wildman–Crippen LogP) is 3.95. The molecule has 1 unspecified atom stereocenters. The van der Waals surface area contributed by atoms with E-state index in [-0.39, 0.29) is 12.3 Å². The average Bonchev–Trinajstić information content (AvgIpc) is 3.03. The molecule has 0 saturated heterocycles. The van der Waals surface area contributed by atoms with Crippen molar-refractivity contribution < 1.29 is 28.6 Å². The lowest BCUT2D eigenvalue weighted by molar-refractivity contribution is -0.164. The van der Waals surface area contributed by atoms with Crippen molar-refractivity contribution in [3.8, 4) is 5.75 Å². The van der Waals surface area contributed by atoms with E-state index < -0.39 is 18.0 Å². The van der Waals surface area contributed by atoms with Gasteiger partial charge in [0.05, 0.1) is 26.2 Å². The molecule has 0 bridgehead atoms. The molecule has 0 aliphatic rings.